The van der Waals surface area contributed by atoms with E-state index in [4.69, 9.17) is 14.6 Å². The molecule has 0 aliphatic heterocycles. The zero-order valence-corrected chi connectivity index (χ0v) is 20.3. The SMILES string of the molecule is COc1ccc(-c2ncnc3c(C(=O)NC4CCC(NC(=O)CO)CC4)c[nH]c23)c(OCC2CC2)c1. The highest BCUT2D eigenvalue weighted by Gasteiger charge is 2.26. The Kier molecular flexibility index (Phi) is 7.04. The Morgan fingerprint density at radius 3 is 2.53 bits per heavy atom. The lowest BCUT2D eigenvalue weighted by Crippen LogP contribution is -2.44. The molecule has 1 aromatic carbocycles. The van der Waals surface area contributed by atoms with Gasteiger partial charge in [-0.2, -0.15) is 0 Å². The Balaban J connectivity index is 1.33. The van der Waals surface area contributed by atoms with Gasteiger partial charge in [0.05, 0.1) is 24.8 Å². The van der Waals surface area contributed by atoms with E-state index >= 15 is 0 Å². The van der Waals surface area contributed by atoms with Crippen molar-refractivity contribution < 1.29 is 24.2 Å². The number of rotatable bonds is 9. The summed E-state index contributed by atoms with van der Waals surface area (Å²) in [5, 5.41) is 14.8. The quantitative estimate of drug-likeness (QED) is 0.359. The van der Waals surface area contributed by atoms with Crippen molar-refractivity contribution in [3.8, 4) is 22.8 Å². The van der Waals surface area contributed by atoms with Gasteiger partial charge in [0.25, 0.3) is 5.91 Å². The average Bonchev–Trinajstić information content (AvgIpc) is 3.63. The van der Waals surface area contributed by atoms with Crippen LogP contribution < -0.4 is 20.1 Å². The van der Waals surface area contributed by atoms with Gasteiger partial charge in [-0.05, 0) is 56.6 Å². The molecule has 2 saturated carbocycles. The second-order valence-electron chi connectivity index (χ2n) is 9.51. The van der Waals surface area contributed by atoms with E-state index in [2.05, 4.69) is 25.6 Å². The number of H-pyrrole nitrogens is 1. The fourth-order valence-corrected chi connectivity index (χ4v) is 4.67. The Bertz CT molecular complexity index is 1250. The van der Waals surface area contributed by atoms with E-state index < -0.39 is 6.61 Å². The molecule has 0 radical (unpaired) electrons. The summed E-state index contributed by atoms with van der Waals surface area (Å²) in [6.45, 7) is 0.143. The maximum Gasteiger partial charge on any atom is 0.255 e. The summed E-state index contributed by atoms with van der Waals surface area (Å²) in [5.41, 5.74) is 3.14. The van der Waals surface area contributed by atoms with E-state index in [-0.39, 0.29) is 23.9 Å². The monoisotopic (exact) mass is 493 g/mol. The number of hydrogen-bond donors (Lipinski definition) is 4. The van der Waals surface area contributed by atoms with Gasteiger partial charge in [0.1, 0.15) is 35.6 Å². The Morgan fingerprint density at radius 1 is 1.08 bits per heavy atom. The van der Waals surface area contributed by atoms with Gasteiger partial charge in [0.2, 0.25) is 5.91 Å². The summed E-state index contributed by atoms with van der Waals surface area (Å²) in [4.78, 5) is 36.7. The number of nitrogens with zero attached hydrogens (tertiary/aromatic N) is 2. The molecular formula is C26H31N5O5. The predicted molar refractivity (Wildman–Crippen MR) is 133 cm³/mol. The number of benzene rings is 1. The first-order valence-electron chi connectivity index (χ1n) is 12.4. The van der Waals surface area contributed by atoms with Gasteiger partial charge < -0.3 is 30.2 Å². The first-order valence-corrected chi connectivity index (χ1v) is 12.4. The van der Waals surface area contributed by atoms with Crippen molar-refractivity contribution in [1.29, 1.82) is 0 Å². The van der Waals surface area contributed by atoms with Crippen LogP contribution in [0.1, 0.15) is 48.9 Å². The molecule has 5 rings (SSSR count). The van der Waals surface area contributed by atoms with E-state index in [0.717, 1.165) is 31.2 Å². The molecular weight excluding hydrogens is 462 g/mol. The number of carbonyl (C=O) groups is 2. The third-order valence-electron chi connectivity index (χ3n) is 6.89. The Labute approximate surface area is 208 Å². The number of carbonyl (C=O) groups excluding carboxylic acids is 2. The minimum Gasteiger partial charge on any atom is -0.497 e. The highest BCUT2D eigenvalue weighted by atomic mass is 16.5. The molecule has 0 spiro atoms. The van der Waals surface area contributed by atoms with Crippen molar-refractivity contribution >= 4 is 22.8 Å². The molecule has 3 aromatic rings. The van der Waals surface area contributed by atoms with E-state index in [1.54, 1.807) is 13.3 Å². The van der Waals surface area contributed by atoms with Gasteiger partial charge in [0.15, 0.2) is 0 Å². The van der Waals surface area contributed by atoms with Crippen LogP contribution in [0.2, 0.25) is 0 Å². The summed E-state index contributed by atoms with van der Waals surface area (Å²) >= 11 is 0. The van der Waals surface area contributed by atoms with Gasteiger partial charge in [-0.3, -0.25) is 9.59 Å². The minimum absolute atomic E-state index is 0.00931. The lowest BCUT2D eigenvalue weighted by Gasteiger charge is -2.29. The zero-order valence-electron chi connectivity index (χ0n) is 20.3. The molecule has 2 amide bonds. The summed E-state index contributed by atoms with van der Waals surface area (Å²) in [6.07, 6.45) is 8.49. The van der Waals surface area contributed by atoms with Gasteiger partial charge in [-0.15, -0.1) is 0 Å². The highest BCUT2D eigenvalue weighted by molar-refractivity contribution is 6.08. The van der Waals surface area contributed by atoms with Crippen molar-refractivity contribution in [3.05, 3.63) is 36.3 Å². The number of ether oxygens (including phenoxy) is 2. The minimum atomic E-state index is -0.508. The standard InChI is InChI=1S/C26H31N5O5/c1-35-18-8-9-19(21(10-18)36-13-15-2-3-15)23-25-24(29-14-28-23)20(11-27-25)26(34)31-17-6-4-16(5-7-17)30-22(33)12-32/h8-11,14-17,27,32H,2-7,12-13H2,1H3,(H,30,33)(H,31,34). The molecule has 10 nitrogen and oxygen atoms in total. The van der Waals surface area contributed by atoms with Crippen molar-refractivity contribution in [2.45, 2.75) is 50.6 Å². The van der Waals surface area contributed by atoms with Gasteiger partial charge in [0, 0.05) is 29.9 Å². The topological polar surface area (TPSA) is 138 Å². The number of hydrogen-bond acceptors (Lipinski definition) is 7. The molecule has 2 aliphatic rings. The predicted octanol–water partition coefficient (Wildman–Crippen LogP) is 2.57. The molecule has 4 N–H and O–H groups in total. The third kappa shape index (κ3) is 5.28. The normalized spacial score (nSPS) is 19.6. The first-order chi connectivity index (χ1) is 17.6. The van der Waals surface area contributed by atoms with Crippen LogP contribution in [0.5, 0.6) is 11.5 Å². The van der Waals surface area contributed by atoms with Crippen LogP contribution in [0, 0.1) is 5.92 Å². The lowest BCUT2D eigenvalue weighted by molar-refractivity contribution is -0.124. The number of nitrogens with one attached hydrogen (secondary N) is 3. The maximum absolute atomic E-state index is 13.1. The summed E-state index contributed by atoms with van der Waals surface area (Å²) < 4.78 is 11.5. The van der Waals surface area contributed by atoms with Gasteiger partial charge in [-0.25, -0.2) is 9.97 Å². The van der Waals surface area contributed by atoms with Crippen LogP contribution in [0.25, 0.3) is 22.3 Å². The van der Waals surface area contributed by atoms with Crippen molar-refractivity contribution in [2.75, 3.05) is 20.3 Å². The van der Waals surface area contributed by atoms with Crippen LogP contribution in [0.4, 0.5) is 0 Å². The molecule has 190 valence electrons. The average molecular weight is 494 g/mol. The number of aromatic nitrogens is 3. The van der Waals surface area contributed by atoms with Gasteiger partial charge in [-0.1, -0.05) is 0 Å². The fourth-order valence-electron chi connectivity index (χ4n) is 4.67. The van der Waals surface area contributed by atoms with E-state index in [1.165, 1.54) is 19.2 Å². The lowest BCUT2D eigenvalue weighted by atomic mass is 9.91. The van der Waals surface area contributed by atoms with Crippen LogP contribution in [-0.2, 0) is 4.79 Å². The van der Waals surface area contributed by atoms with Crippen LogP contribution in [0.3, 0.4) is 0 Å². The Hall–Kier alpha value is -3.66. The number of amides is 2. The number of aromatic amines is 1. The second-order valence-corrected chi connectivity index (χ2v) is 9.51. The fraction of sp³-hybridized carbons (Fsp3) is 0.462. The number of aliphatic hydroxyl groups excluding tert-OH is 1. The van der Waals surface area contributed by atoms with E-state index in [0.29, 0.717) is 46.3 Å². The summed E-state index contributed by atoms with van der Waals surface area (Å²) in [7, 11) is 1.62. The highest BCUT2D eigenvalue weighted by Crippen LogP contribution is 2.37. The summed E-state index contributed by atoms with van der Waals surface area (Å²) in [6, 6.07) is 5.68. The van der Waals surface area contributed by atoms with E-state index in [9.17, 15) is 9.59 Å². The largest absolute Gasteiger partial charge is 0.497 e. The van der Waals surface area contributed by atoms with Crippen molar-refractivity contribution in [1.82, 2.24) is 25.6 Å². The van der Waals surface area contributed by atoms with Crippen molar-refractivity contribution in [3.63, 3.8) is 0 Å². The maximum atomic E-state index is 13.1. The second kappa shape index (κ2) is 10.5. The Morgan fingerprint density at radius 2 is 1.83 bits per heavy atom. The van der Waals surface area contributed by atoms with Crippen molar-refractivity contribution in [2.24, 2.45) is 5.92 Å². The molecule has 10 heteroatoms. The molecule has 2 aliphatic carbocycles. The molecule has 0 atom stereocenters. The zero-order chi connectivity index (χ0) is 25.1. The van der Waals surface area contributed by atoms with Crippen LogP contribution in [-0.4, -0.2) is 64.3 Å². The number of fused-ring (bicyclic) bond motifs is 1. The smallest absolute Gasteiger partial charge is 0.255 e. The molecule has 2 fully saturated rings. The molecule has 36 heavy (non-hydrogen) atoms. The molecule has 0 bridgehead atoms. The van der Waals surface area contributed by atoms with Crippen LogP contribution in [0.15, 0.2) is 30.7 Å². The van der Waals surface area contributed by atoms with Crippen LogP contribution >= 0.6 is 0 Å². The van der Waals surface area contributed by atoms with E-state index in [1.807, 2.05) is 18.2 Å². The first kappa shape index (κ1) is 24.1. The summed E-state index contributed by atoms with van der Waals surface area (Å²) in [5.74, 6) is 1.42. The molecule has 0 unspecified atom stereocenters. The third-order valence-corrected chi connectivity index (χ3v) is 6.89. The number of methoxy groups -OCH3 is 1. The number of aliphatic hydroxyl groups is 1. The molecule has 0 saturated heterocycles. The molecule has 2 heterocycles. The van der Waals surface area contributed by atoms with Gasteiger partial charge >= 0.3 is 0 Å². The molecule has 2 aromatic heterocycles.